The number of aromatic nitrogens is 4. The summed E-state index contributed by atoms with van der Waals surface area (Å²) >= 11 is 25.6. The molecule has 0 amide bonds. The van der Waals surface area contributed by atoms with Gasteiger partial charge in [0, 0.05) is 112 Å². The van der Waals surface area contributed by atoms with Gasteiger partial charge in [0.25, 0.3) is 0 Å². The highest BCUT2D eigenvalue weighted by molar-refractivity contribution is 9.08. The number of aromatic carboxylic acids is 1. The number of rotatable bonds is 19. The molecule has 1 atom stereocenters. The standard InChI is InChI=1S/C20H16ClF4NO2.C19H14ClF4NO2.C18H13ClF3NO2.C10H15NO3S.C10H9NO2.C8H5BrClF3/c1-28-19(27)13-3-5-18-14(8-13)10-16(26(18)7-6-22)9-12-2-4-15(21)11-17(12)20(23,24)25;20-14-3-1-11(16(10-14)19(22,23)24)8-15-9-13-7-12(18(26)27)2-4-17(13)25(15)6-5-21;1-25-17(24)11-3-5-16-12(6-11)8-14(23-16)7-10-2-4-13(19)9-15(10)18(20,21)22;1-2-15(13,14)9-5-3-8(4-6-9)10(11)7-12;1-13-10(12)8-2-3-9-7(6-8)4-5-11-9;9-4-5-1-2-6(10)3-7(5)8(11,12)13/h2-5,8,10-11H,6-7,9H2,1H3;1-4,7,9-10H,5-6,8H2,(H,26,27);2-6,8-9,23H,7H2,1H3;3-6,10,12H,2,7,11H2,1H3;2-6,11H,1H3;1-3H,4H2. The first kappa shape index (κ1) is 96.0. The number of alkyl halides is 15. The molecule has 642 valence electrons. The number of nitrogens with one attached hydrogen (secondary N) is 2. The summed E-state index contributed by atoms with van der Waals surface area (Å²) in [5.74, 6) is -2.34. The Morgan fingerprint density at radius 1 is 0.471 bits per heavy atom. The lowest BCUT2D eigenvalue weighted by Crippen LogP contribution is -2.14. The fraction of sp³-hybridized carbons (Fsp3) is 0.224. The molecule has 1 unspecified atom stereocenters. The van der Waals surface area contributed by atoms with Crippen LogP contribution in [0.15, 0.2) is 205 Å². The predicted molar refractivity (Wildman–Crippen MR) is 438 cm³/mol. The predicted octanol–water partition coefficient (Wildman–Crippen LogP) is 23.1. The van der Waals surface area contributed by atoms with E-state index in [0.717, 1.165) is 51.6 Å². The van der Waals surface area contributed by atoms with Gasteiger partial charge in [-0.15, -0.1) is 0 Å². The molecule has 121 heavy (non-hydrogen) atoms. The monoisotopic (exact) mass is 1860 g/mol. The third kappa shape index (κ3) is 25.6. The van der Waals surface area contributed by atoms with Gasteiger partial charge < -0.3 is 49.3 Å². The minimum absolute atomic E-state index is 0.00766. The van der Waals surface area contributed by atoms with Gasteiger partial charge >= 0.3 is 48.6 Å². The van der Waals surface area contributed by atoms with Crippen LogP contribution < -0.4 is 5.73 Å². The number of carbonyl (C=O) groups is 4. The number of hydrogen-bond donors (Lipinski definition) is 5. The summed E-state index contributed by atoms with van der Waals surface area (Å²) in [7, 11) is 0.769. The van der Waals surface area contributed by atoms with Gasteiger partial charge in [-0.3, -0.25) is 0 Å². The van der Waals surface area contributed by atoms with Crippen LogP contribution in [0.25, 0.3) is 43.6 Å². The first-order valence-corrected chi connectivity index (χ1v) is 40.0. The number of nitrogens with zero attached hydrogens (tertiary/aromatic N) is 2. The number of H-pyrrole nitrogens is 2. The van der Waals surface area contributed by atoms with E-state index < -0.39 is 94.1 Å². The van der Waals surface area contributed by atoms with Crippen LogP contribution in [-0.2, 0) is 86.4 Å². The van der Waals surface area contributed by atoms with Crippen molar-refractivity contribution in [1.29, 1.82) is 0 Å². The zero-order valence-corrected chi connectivity index (χ0v) is 69.3. The van der Waals surface area contributed by atoms with Crippen molar-refractivity contribution in [2.45, 2.75) is 80.2 Å². The molecule has 4 heterocycles. The Kier molecular flexibility index (Phi) is 33.2. The maximum atomic E-state index is 13.4. The van der Waals surface area contributed by atoms with Crippen molar-refractivity contribution in [3.05, 3.63) is 310 Å². The summed E-state index contributed by atoms with van der Waals surface area (Å²) in [4.78, 5) is 52.0. The van der Waals surface area contributed by atoms with Crippen LogP contribution in [0.5, 0.6) is 0 Å². The Morgan fingerprint density at radius 2 is 0.843 bits per heavy atom. The Morgan fingerprint density at radius 3 is 1.23 bits per heavy atom. The number of halogens is 19. The zero-order chi connectivity index (χ0) is 89.2. The number of sulfone groups is 1. The van der Waals surface area contributed by atoms with Crippen molar-refractivity contribution in [2.24, 2.45) is 5.73 Å². The number of esters is 3. The van der Waals surface area contributed by atoms with Crippen LogP contribution in [-0.4, -0.2) is 109 Å². The molecule has 16 nitrogen and oxygen atoms in total. The van der Waals surface area contributed by atoms with Crippen LogP contribution in [0.2, 0.25) is 20.1 Å². The van der Waals surface area contributed by atoms with E-state index >= 15 is 0 Å². The number of aromatic amines is 2. The van der Waals surface area contributed by atoms with E-state index in [2.05, 4.69) is 40.1 Å². The van der Waals surface area contributed by atoms with Crippen molar-refractivity contribution < 1.29 is 113 Å². The van der Waals surface area contributed by atoms with Crippen LogP contribution in [0.3, 0.4) is 0 Å². The summed E-state index contributed by atoms with van der Waals surface area (Å²) in [6, 6.07) is 46.7. The first-order chi connectivity index (χ1) is 57.0. The Balaban J connectivity index is 0.000000185. The van der Waals surface area contributed by atoms with Crippen molar-refractivity contribution in [3.63, 3.8) is 0 Å². The molecular weight excluding hydrogens is 1790 g/mol. The molecular formula is C85H72BrCl4F14N5O11S. The largest absolute Gasteiger partial charge is 0.478 e. The summed E-state index contributed by atoms with van der Waals surface area (Å²) in [6.45, 7) is 0.0145. The van der Waals surface area contributed by atoms with E-state index in [-0.39, 0.29) is 104 Å². The molecule has 0 saturated carbocycles. The average Bonchev–Trinajstić information content (AvgIpc) is 1.64. The highest BCUT2D eigenvalue weighted by atomic mass is 79.9. The Bertz CT molecular complexity index is 5950. The molecule has 0 saturated heterocycles. The third-order valence-electron chi connectivity index (χ3n) is 18.4. The number of aryl methyl sites for hydroxylation is 2. The second-order valence-electron chi connectivity index (χ2n) is 26.3. The lowest BCUT2D eigenvalue weighted by molar-refractivity contribution is -0.139. The molecule has 0 bridgehead atoms. The second-order valence-corrected chi connectivity index (χ2v) is 30.9. The molecule has 0 aliphatic rings. The van der Waals surface area contributed by atoms with Crippen LogP contribution in [0.1, 0.15) is 122 Å². The molecule has 0 fully saturated rings. The second kappa shape index (κ2) is 41.9. The van der Waals surface area contributed by atoms with Crippen molar-refractivity contribution >= 4 is 140 Å². The van der Waals surface area contributed by atoms with Gasteiger partial charge in [0.15, 0.2) is 9.84 Å². The molecule has 0 radical (unpaired) electrons. The Labute approximate surface area is 710 Å². The molecule has 13 rings (SSSR count). The third-order valence-corrected chi connectivity index (χ3v) is 21.6. The highest BCUT2D eigenvalue weighted by Gasteiger charge is 2.37. The molecule has 36 heteroatoms. The SMILES string of the molecule is CCS(=O)(=O)c1ccc(C(N)CO)cc1.COC(=O)c1ccc2[nH]c(Cc3ccc(Cl)cc3C(F)(F)F)cc2c1.COC(=O)c1ccc2[nH]ccc2c1.COC(=O)c1ccc2c(c1)cc(Cc1ccc(Cl)cc1C(F)(F)F)n2CCF.FC(F)(F)c1cc(Cl)ccc1CBr.O=C(O)c1ccc2c(c1)cc(Cc1ccc(Cl)cc1C(F)(F)F)n2CCF. The van der Waals surface area contributed by atoms with Crippen molar-refractivity contribution in [3.8, 4) is 0 Å². The molecule has 0 aliphatic carbocycles. The van der Waals surface area contributed by atoms with Gasteiger partial charge in [-0.05, 0) is 186 Å². The van der Waals surface area contributed by atoms with E-state index in [0.29, 0.717) is 60.5 Å². The molecule has 0 aliphatic heterocycles. The van der Waals surface area contributed by atoms with Crippen LogP contribution >= 0.6 is 62.3 Å². The van der Waals surface area contributed by atoms with Crippen LogP contribution in [0.4, 0.5) is 61.5 Å². The number of hydrogen-bond acceptors (Lipinski definition) is 11. The molecule has 9 aromatic carbocycles. The van der Waals surface area contributed by atoms with Gasteiger partial charge in [0.1, 0.15) is 13.3 Å². The van der Waals surface area contributed by atoms with E-state index in [1.165, 1.54) is 106 Å². The minimum atomic E-state index is -4.58. The van der Waals surface area contributed by atoms with E-state index in [1.54, 1.807) is 88.9 Å². The van der Waals surface area contributed by atoms with Gasteiger partial charge in [-0.1, -0.05) is 106 Å². The minimum Gasteiger partial charge on any atom is -0.478 e. The van der Waals surface area contributed by atoms with Gasteiger partial charge in [0.2, 0.25) is 0 Å². The summed E-state index contributed by atoms with van der Waals surface area (Å²) in [5, 5.41) is 21.1. The number of nitrogens with two attached hydrogens (primary N) is 1. The maximum Gasteiger partial charge on any atom is 0.416 e. The number of carboxylic acid groups (broad SMARTS) is 1. The molecule has 0 spiro atoms. The summed E-state index contributed by atoms with van der Waals surface area (Å²) in [6.07, 6.45) is -16.2. The average molecular weight is 1860 g/mol. The fourth-order valence-corrected chi connectivity index (χ4v) is 14.5. The lowest BCUT2D eigenvalue weighted by atomic mass is 10.0. The number of methoxy groups -OCH3 is 3. The smallest absolute Gasteiger partial charge is 0.416 e. The fourth-order valence-electron chi connectivity index (χ4n) is 12.5. The number of fused-ring (bicyclic) bond motifs is 4. The van der Waals surface area contributed by atoms with Crippen molar-refractivity contribution in [2.75, 3.05) is 47.0 Å². The number of carboxylic acids is 1. The number of aliphatic hydroxyl groups excluding tert-OH is 1. The van der Waals surface area contributed by atoms with Gasteiger partial charge in [-0.2, -0.15) is 52.7 Å². The van der Waals surface area contributed by atoms with Gasteiger partial charge in [-0.25, -0.2) is 36.4 Å². The van der Waals surface area contributed by atoms with E-state index in [4.69, 9.17) is 62.4 Å². The number of ether oxygens (including phenoxy) is 3. The summed E-state index contributed by atoms with van der Waals surface area (Å²) in [5.41, 5.74) is 9.37. The number of aliphatic hydroxyl groups is 1. The van der Waals surface area contributed by atoms with E-state index in [9.17, 15) is 89.1 Å². The topological polar surface area (TPSA) is 238 Å². The quantitative estimate of drug-likeness (QED) is 0.0220. The van der Waals surface area contributed by atoms with E-state index in [1.807, 2.05) is 18.3 Å². The normalized spacial score (nSPS) is 11.9. The first-order valence-electron chi connectivity index (χ1n) is 35.7. The molecule has 4 aromatic heterocycles. The number of benzene rings is 9. The number of carbonyl (C=O) groups excluding carboxylic acids is 3. The molecule has 6 N–H and O–H groups in total. The lowest BCUT2D eigenvalue weighted by Gasteiger charge is -2.15. The summed E-state index contributed by atoms with van der Waals surface area (Å²) < 4.78 is 223. The van der Waals surface area contributed by atoms with Gasteiger partial charge in [0.05, 0.1) is 102 Å². The highest BCUT2D eigenvalue weighted by Crippen LogP contribution is 2.40. The van der Waals surface area contributed by atoms with Crippen LogP contribution in [0, 0.1) is 0 Å². The van der Waals surface area contributed by atoms with Crippen molar-refractivity contribution in [1.82, 2.24) is 19.1 Å². The maximum absolute atomic E-state index is 13.4. The zero-order valence-electron chi connectivity index (χ0n) is 63.8. The Hall–Kier alpha value is -10.5. The molecule has 13 aromatic rings.